The van der Waals surface area contributed by atoms with Crippen LogP contribution in [-0.2, 0) is 6.61 Å². The normalized spacial score (nSPS) is 10.2. The van der Waals surface area contributed by atoms with Gasteiger partial charge in [-0.2, -0.15) is 16.9 Å². The molecule has 0 fully saturated rings. The lowest BCUT2D eigenvalue weighted by Gasteiger charge is -2.16. The van der Waals surface area contributed by atoms with E-state index in [2.05, 4.69) is 16.5 Å². The summed E-state index contributed by atoms with van der Waals surface area (Å²) in [7, 11) is 1.98. The fourth-order valence-corrected chi connectivity index (χ4v) is 1.44. The third-order valence-corrected chi connectivity index (χ3v) is 2.48. The van der Waals surface area contributed by atoms with Crippen molar-refractivity contribution in [1.82, 2.24) is 10.2 Å². The molecule has 0 aliphatic heterocycles. The second kappa shape index (κ2) is 5.82. The van der Waals surface area contributed by atoms with E-state index in [0.717, 1.165) is 18.1 Å². The second-order valence-corrected chi connectivity index (χ2v) is 3.94. The van der Waals surface area contributed by atoms with Gasteiger partial charge in [0.15, 0.2) is 5.82 Å². The molecule has 0 bridgehead atoms. The number of aliphatic hydroxyl groups excluding tert-OH is 1. The Labute approximate surface area is 88.3 Å². The van der Waals surface area contributed by atoms with Crippen molar-refractivity contribution in [3.63, 3.8) is 0 Å². The number of aromatic nitrogens is 2. The molecule has 14 heavy (non-hydrogen) atoms. The Bertz CT molecular complexity index is 265. The molecule has 0 unspecified atom stereocenters. The van der Waals surface area contributed by atoms with Gasteiger partial charge in [-0.1, -0.05) is 0 Å². The minimum Gasteiger partial charge on any atom is -0.390 e. The summed E-state index contributed by atoms with van der Waals surface area (Å²) in [5.41, 5.74) is 0.604. The monoisotopic (exact) mass is 213 g/mol. The van der Waals surface area contributed by atoms with Crippen LogP contribution in [-0.4, -0.2) is 40.9 Å². The molecule has 1 N–H and O–H groups in total. The molecule has 4 nitrogen and oxygen atoms in total. The third-order valence-electron chi connectivity index (χ3n) is 1.89. The van der Waals surface area contributed by atoms with Crippen LogP contribution in [0.2, 0.25) is 0 Å². The summed E-state index contributed by atoms with van der Waals surface area (Å²) in [6.07, 6.45) is 2.08. The smallest absolute Gasteiger partial charge is 0.151 e. The Morgan fingerprint density at radius 3 is 2.71 bits per heavy atom. The van der Waals surface area contributed by atoms with Crippen molar-refractivity contribution in [3.8, 4) is 0 Å². The molecule has 78 valence electrons. The topological polar surface area (TPSA) is 49.2 Å². The maximum absolute atomic E-state index is 8.79. The number of rotatable bonds is 5. The van der Waals surface area contributed by atoms with Crippen LogP contribution in [0.15, 0.2) is 12.1 Å². The molecule has 0 aliphatic rings. The molecule has 0 aliphatic carbocycles. The van der Waals surface area contributed by atoms with Gasteiger partial charge in [0.2, 0.25) is 0 Å². The molecule has 1 aromatic rings. The number of nitrogens with zero attached hydrogens (tertiary/aromatic N) is 3. The Morgan fingerprint density at radius 2 is 2.21 bits per heavy atom. The molecule has 0 radical (unpaired) electrons. The van der Waals surface area contributed by atoms with Crippen LogP contribution in [0.4, 0.5) is 5.82 Å². The van der Waals surface area contributed by atoms with Gasteiger partial charge in [-0.25, -0.2) is 0 Å². The predicted octanol–water partition coefficient (Wildman–Crippen LogP) is 0.768. The van der Waals surface area contributed by atoms with E-state index in [4.69, 9.17) is 5.11 Å². The summed E-state index contributed by atoms with van der Waals surface area (Å²) in [6, 6.07) is 3.66. The Kier molecular flexibility index (Phi) is 4.69. The molecule has 1 heterocycles. The number of hydrogen-bond donors (Lipinski definition) is 1. The van der Waals surface area contributed by atoms with Crippen molar-refractivity contribution >= 4 is 17.6 Å². The second-order valence-electron chi connectivity index (χ2n) is 2.96. The minimum atomic E-state index is -0.0538. The standard InChI is InChI=1S/C9H15N3OS/c1-12(5-6-14-2)9-4-3-8(7-13)10-11-9/h3-4,13H,5-7H2,1-2H3. The van der Waals surface area contributed by atoms with E-state index in [1.807, 2.05) is 18.0 Å². The summed E-state index contributed by atoms with van der Waals surface area (Å²) < 4.78 is 0. The molecular formula is C9H15N3OS. The van der Waals surface area contributed by atoms with E-state index in [0.29, 0.717) is 5.69 Å². The van der Waals surface area contributed by atoms with E-state index in [-0.39, 0.29) is 6.61 Å². The van der Waals surface area contributed by atoms with Crippen LogP contribution >= 0.6 is 11.8 Å². The van der Waals surface area contributed by atoms with E-state index in [9.17, 15) is 0 Å². The SMILES string of the molecule is CSCCN(C)c1ccc(CO)nn1. The van der Waals surface area contributed by atoms with Gasteiger partial charge in [-0.05, 0) is 18.4 Å². The zero-order chi connectivity index (χ0) is 10.4. The maximum atomic E-state index is 8.79. The van der Waals surface area contributed by atoms with Crippen molar-refractivity contribution in [1.29, 1.82) is 0 Å². The summed E-state index contributed by atoms with van der Waals surface area (Å²) in [6.45, 7) is 0.899. The summed E-state index contributed by atoms with van der Waals surface area (Å²) in [4.78, 5) is 2.05. The van der Waals surface area contributed by atoms with Crippen molar-refractivity contribution < 1.29 is 5.11 Å². The number of hydrogen-bond acceptors (Lipinski definition) is 5. The fraction of sp³-hybridized carbons (Fsp3) is 0.556. The highest BCUT2D eigenvalue weighted by Crippen LogP contribution is 2.07. The molecule has 0 spiro atoms. The predicted molar refractivity (Wildman–Crippen MR) is 59.6 cm³/mol. The van der Waals surface area contributed by atoms with Crippen LogP contribution in [0, 0.1) is 0 Å². The molecule has 0 amide bonds. The molecule has 0 atom stereocenters. The van der Waals surface area contributed by atoms with Crippen molar-refractivity contribution in [2.24, 2.45) is 0 Å². The van der Waals surface area contributed by atoms with Crippen LogP contribution in [0.25, 0.3) is 0 Å². The number of aliphatic hydroxyl groups is 1. The highest BCUT2D eigenvalue weighted by atomic mass is 32.2. The number of thioether (sulfide) groups is 1. The minimum absolute atomic E-state index is 0.0538. The molecule has 0 saturated carbocycles. The van der Waals surface area contributed by atoms with Crippen LogP contribution in [0.1, 0.15) is 5.69 Å². The molecule has 0 saturated heterocycles. The van der Waals surface area contributed by atoms with Crippen molar-refractivity contribution in [3.05, 3.63) is 17.8 Å². The molecule has 5 heteroatoms. The summed E-state index contributed by atoms with van der Waals surface area (Å²) in [5.74, 6) is 1.91. The van der Waals surface area contributed by atoms with Gasteiger partial charge in [0, 0.05) is 19.3 Å². The summed E-state index contributed by atoms with van der Waals surface area (Å²) in [5, 5.41) is 16.7. The first kappa shape index (κ1) is 11.3. The van der Waals surface area contributed by atoms with E-state index < -0.39 is 0 Å². The van der Waals surface area contributed by atoms with Gasteiger partial charge < -0.3 is 10.0 Å². The van der Waals surface area contributed by atoms with E-state index in [1.54, 1.807) is 17.8 Å². The lowest BCUT2D eigenvalue weighted by molar-refractivity contribution is 0.275. The van der Waals surface area contributed by atoms with Crippen molar-refractivity contribution in [2.75, 3.05) is 30.5 Å². The Balaban J connectivity index is 2.57. The molecular weight excluding hydrogens is 198 g/mol. The highest BCUT2D eigenvalue weighted by Gasteiger charge is 2.02. The maximum Gasteiger partial charge on any atom is 0.151 e. The van der Waals surface area contributed by atoms with Crippen molar-refractivity contribution in [2.45, 2.75) is 6.61 Å². The highest BCUT2D eigenvalue weighted by molar-refractivity contribution is 7.98. The number of anilines is 1. The van der Waals surface area contributed by atoms with Crippen LogP contribution in [0.5, 0.6) is 0 Å². The largest absolute Gasteiger partial charge is 0.390 e. The zero-order valence-corrected chi connectivity index (χ0v) is 9.29. The van der Waals surface area contributed by atoms with Gasteiger partial charge in [-0.3, -0.25) is 0 Å². The van der Waals surface area contributed by atoms with Gasteiger partial charge in [-0.15, -0.1) is 5.10 Å². The lowest BCUT2D eigenvalue weighted by Crippen LogP contribution is -2.21. The average Bonchev–Trinajstić information content (AvgIpc) is 2.26. The van der Waals surface area contributed by atoms with E-state index >= 15 is 0 Å². The first-order valence-corrected chi connectivity index (χ1v) is 5.81. The van der Waals surface area contributed by atoms with Gasteiger partial charge in [0.05, 0.1) is 12.3 Å². The molecule has 1 aromatic heterocycles. The Morgan fingerprint density at radius 1 is 1.43 bits per heavy atom. The summed E-state index contributed by atoms with van der Waals surface area (Å²) >= 11 is 1.80. The quantitative estimate of drug-likeness (QED) is 0.783. The van der Waals surface area contributed by atoms with Crippen LogP contribution < -0.4 is 4.90 Å². The fourth-order valence-electron chi connectivity index (χ4n) is 0.984. The first-order valence-electron chi connectivity index (χ1n) is 4.41. The van der Waals surface area contributed by atoms with Crippen LogP contribution in [0.3, 0.4) is 0 Å². The van der Waals surface area contributed by atoms with Gasteiger partial charge in [0.25, 0.3) is 0 Å². The first-order chi connectivity index (χ1) is 6.77. The van der Waals surface area contributed by atoms with Gasteiger partial charge in [0.1, 0.15) is 0 Å². The zero-order valence-electron chi connectivity index (χ0n) is 8.47. The lowest BCUT2D eigenvalue weighted by atomic mass is 10.4. The third kappa shape index (κ3) is 3.16. The molecule has 0 aromatic carbocycles. The van der Waals surface area contributed by atoms with E-state index in [1.165, 1.54) is 0 Å². The van der Waals surface area contributed by atoms with Gasteiger partial charge >= 0.3 is 0 Å². The average molecular weight is 213 g/mol. The molecule has 1 rings (SSSR count). The Hall–Kier alpha value is -0.810.